The van der Waals surface area contributed by atoms with Gasteiger partial charge in [0.25, 0.3) is 0 Å². The molecule has 7 nitrogen and oxygen atoms in total. The first-order valence-corrected chi connectivity index (χ1v) is 11.9. The van der Waals surface area contributed by atoms with E-state index in [0.717, 1.165) is 40.9 Å². The second kappa shape index (κ2) is 11.2. The molecule has 0 bridgehead atoms. The van der Waals surface area contributed by atoms with Crippen LogP contribution in [0.3, 0.4) is 0 Å². The van der Waals surface area contributed by atoms with Gasteiger partial charge in [0, 0.05) is 24.8 Å². The van der Waals surface area contributed by atoms with Gasteiger partial charge in [0.15, 0.2) is 12.6 Å². The van der Waals surface area contributed by atoms with E-state index in [4.69, 9.17) is 30.1 Å². The minimum absolute atomic E-state index is 0.0269. The highest BCUT2D eigenvalue weighted by molar-refractivity contribution is 5.81. The molecule has 7 heteroatoms. The number of pyridine rings is 1. The minimum Gasteiger partial charge on any atom is -0.486 e. The zero-order valence-corrected chi connectivity index (χ0v) is 20.6. The topological polar surface area (TPSA) is 99.2 Å². The van der Waals surface area contributed by atoms with E-state index in [-0.39, 0.29) is 19.2 Å². The summed E-state index contributed by atoms with van der Waals surface area (Å²) in [7, 11) is 1.62. The van der Waals surface area contributed by atoms with Gasteiger partial charge in [-0.2, -0.15) is 0 Å². The number of benzene rings is 2. The molecule has 0 amide bonds. The monoisotopic (exact) mass is 475 g/mol. The van der Waals surface area contributed by atoms with Crippen LogP contribution in [0.5, 0.6) is 11.5 Å². The Balaban J connectivity index is 1.64. The molecule has 1 aliphatic rings. The maximum Gasteiger partial charge on any atom is 0.188 e. The lowest BCUT2D eigenvalue weighted by Gasteiger charge is -2.18. The second-order valence-corrected chi connectivity index (χ2v) is 8.98. The predicted octanol–water partition coefficient (Wildman–Crippen LogP) is 4.94. The molecule has 1 heterocycles. The van der Waals surface area contributed by atoms with Crippen LogP contribution in [-0.2, 0) is 24.0 Å². The van der Waals surface area contributed by atoms with E-state index in [9.17, 15) is 0 Å². The lowest BCUT2D eigenvalue weighted by Crippen LogP contribution is -2.20. The third-order valence-electron chi connectivity index (χ3n) is 6.41. The van der Waals surface area contributed by atoms with Crippen molar-refractivity contribution < 1.29 is 19.4 Å². The van der Waals surface area contributed by atoms with Gasteiger partial charge < -0.3 is 25.2 Å². The van der Waals surface area contributed by atoms with Crippen LogP contribution in [0.2, 0.25) is 0 Å². The zero-order chi connectivity index (χ0) is 24.8. The number of hydrogen-bond acceptors (Lipinski definition) is 6. The maximum atomic E-state index is 8.72. The molecule has 0 saturated heterocycles. The second-order valence-electron chi connectivity index (χ2n) is 8.98. The fourth-order valence-electron chi connectivity index (χ4n) is 4.59. The summed E-state index contributed by atoms with van der Waals surface area (Å²) < 4.78 is 16.7. The van der Waals surface area contributed by atoms with Crippen molar-refractivity contribution in [2.24, 2.45) is 10.9 Å². The number of aryl methyl sites for hydroxylation is 4. The van der Waals surface area contributed by atoms with Crippen molar-refractivity contribution in [3.8, 4) is 22.8 Å². The van der Waals surface area contributed by atoms with Crippen LogP contribution in [-0.4, -0.2) is 36.5 Å². The van der Waals surface area contributed by atoms with Crippen LogP contribution in [0.4, 0.5) is 0 Å². The first-order valence-electron chi connectivity index (χ1n) is 11.9. The van der Waals surface area contributed by atoms with Gasteiger partial charge in [0.2, 0.25) is 0 Å². The number of oxime groups is 1. The molecular formula is C28H33N3O4. The summed E-state index contributed by atoms with van der Waals surface area (Å²) in [4.78, 5) is 5.04. The van der Waals surface area contributed by atoms with Gasteiger partial charge in [-0.1, -0.05) is 17.3 Å². The molecule has 1 aliphatic carbocycles. The van der Waals surface area contributed by atoms with Crippen molar-refractivity contribution in [2.75, 3.05) is 20.5 Å². The van der Waals surface area contributed by atoms with Crippen LogP contribution < -0.4 is 15.2 Å². The van der Waals surface area contributed by atoms with Crippen LogP contribution in [0, 0.1) is 13.8 Å². The Morgan fingerprint density at radius 1 is 1.00 bits per heavy atom. The number of hydrogen-bond donors (Lipinski definition) is 2. The average Bonchev–Trinajstić information content (AvgIpc) is 2.88. The van der Waals surface area contributed by atoms with Crippen LogP contribution in [0.25, 0.3) is 11.3 Å². The standard InChI is InChI=1S/C28H33N3O4/c1-18-12-24(34-16-27(29)31-32)13-19(2)25(18)15-23-10-11-26(35-17-33-3)28(30-23)22-9-8-20-6-4-5-7-21(20)14-22/h8-14,32H,4-7,15-17H2,1-3H3,(H2,29,31). The number of amidine groups is 1. The highest BCUT2D eigenvalue weighted by Crippen LogP contribution is 2.33. The first-order chi connectivity index (χ1) is 17.0. The fraction of sp³-hybridized carbons (Fsp3) is 0.357. The number of nitrogens with zero attached hydrogens (tertiary/aromatic N) is 2. The smallest absolute Gasteiger partial charge is 0.188 e. The largest absolute Gasteiger partial charge is 0.486 e. The van der Waals surface area contributed by atoms with Crippen molar-refractivity contribution in [1.82, 2.24) is 4.98 Å². The molecule has 0 saturated carbocycles. The lowest BCUT2D eigenvalue weighted by atomic mass is 9.89. The molecule has 3 aromatic rings. The van der Waals surface area contributed by atoms with E-state index in [1.54, 1.807) is 7.11 Å². The van der Waals surface area contributed by atoms with Gasteiger partial charge in [-0.3, -0.25) is 0 Å². The van der Waals surface area contributed by atoms with E-state index in [0.29, 0.717) is 17.9 Å². The fourth-order valence-corrected chi connectivity index (χ4v) is 4.59. The van der Waals surface area contributed by atoms with E-state index >= 15 is 0 Å². The SMILES string of the molecule is COCOc1ccc(Cc2c(C)cc(OC/C(N)=N/O)cc2C)nc1-c1ccc2c(c1)CCCC2. The van der Waals surface area contributed by atoms with Crippen molar-refractivity contribution >= 4 is 5.84 Å². The molecule has 0 aliphatic heterocycles. The molecule has 0 atom stereocenters. The molecule has 184 valence electrons. The summed E-state index contributed by atoms with van der Waals surface area (Å²) in [6.07, 6.45) is 5.43. The Morgan fingerprint density at radius 2 is 1.74 bits per heavy atom. The van der Waals surface area contributed by atoms with Crippen LogP contribution >= 0.6 is 0 Å². The van der Waals surface area contributed by atoms with Gasteiger partial charge in [-0.25, -0.2) is 4.98 Å². The number of nitrogens with two attached hydrogens (primary N) is 1. The molecular weight excluding hydrogens is 442 g/mol. The van der Waals surface area contributed by atoms with Crippen molar-refractivity contribution in [3.05, 3.63) is 76.0 Å². The summed E-state index contributed by atoms with van der Waals surface area (Å²) in [5.74, 6) is 1.42. The van der Waals surface area contributed by atoms with Crippen molar-refractivity contribution in [2.45, 2.75) is 46.0 Å². The minimum atomic E-state index is 0.0269. The Labute approximate surface area is 206 Å². The third kappa shape index (κ3) is 5.92. The Morgan fingerprint density at radius 3 is 2.46 bits per heavy atom. The highest BCUT2D eigenvalue weighted by atomic mass is 16.7. The molecule has 0 unspecified atom stereocenters. The Kier molecular flexibility index (Phi) is 7.87. The number of methoxy groups -OCH3 is 1. The first kappa shape index (κ1) is 24.5. The molecule has 35 heavy (non-hydrogen) atoms. The molecule has 4 rings (SSSR count). The lowest BCUT2D eigenvalue weighted by molar-refractivity contribution is 0.0513. The Bertz CT molecular complexity index is 1200. The normalized spacial score (nSPS) is 13.4. The van der Waals surface area contributed by atoms with E-state index in [2.05, 4.69) is 37.2 Å². The molecule has 0 radical (unpaired) electrons. The molecule has 0 fully saturated rings. The predicted molar refractivity (Wildman–Crippen MR) is 136 cm³/mol. The molecule has 2 aromatic carbocycles. The number of ether oxygens (including phenoxy) is 3. The summed E-state index contributed by atoms with van der Waals surface area (Å²) >= 11 is 0. The van der Waals surface area contributed by atoms with E-state index in [1.807, 2.05) is 24.3 Å². The van der Waals surface area contributed by atoms with E-state index in [1.165, 1.54) is 29.5 Å². The summed E-state index contributed by atoms with van der Waals surface area (Å²) in [5.41, 5.74) is 14.6. The number of rotatable bonds is 9. The van der Waals surface area contributed by atoms with Crippen molar-refractivity contribution in [1.29, 1.82) is 0 Å². The maximum absolute atomic E-state index is 8.72. The summed E-state index contributed by atoms with van der Waals surface area (Å²) in [6, 6.07) is 14.6. The molecule has 1 aromatic heterocycles. The average molecular weight is 476 g/mol. The van der Waals surface area contributed by atoms with Crippen molar-refractivity contribution in [3.63, 3.8) is 0 Å². The van der Waals surface area contributed by atoms with Gasteiger partial charge in [-0.15, -0.1) is 0 Å². The van der Waals surface area contributed by atoms with E-state index < -0.39 is 0 Å². The molecule has 3 N–H and O–H groups in total. The summed E-state index contributed by atoms with van der Waals surface area (Å²) in [5, 5.41) is 11.7. The third-order valence-corrected chi connectivity index (χ3v) is 6.41. The van der Waals surface area contributed by atoms with Crippen LogP contribution in [0.15, 0.2) is 47.6 Å². The molecule has 0 spiro atoms. The van der Waals surface area contributed by atoms with Gasteiger partial charge >= 0.3 is 0 Å². The van der Waals surface area contributed by atoms with Crippen LogP contribution in [0.1, 0.15) is 46.4 Å². The number of fused-ring (bicyclic) bond motifs is 1. The van der Waals surface area contributed by atoms with Gasteiger partial charge in [-0.05, 0) is 97.7 Å². The van der Waals surface area contributed by atoms with Gasteiger partial charge in [0.1, 0.15) is 23.8 Å². The number of aromatic nitrogens is 1. The zero-order valence-electron chi connectivity index (χ0n) is 20.6. The van der Waals surface area contributed by atoms with Gasteiger partial charge in [0.05, 0.1) is 0 Å². The highest BCUT2D eigenvalue weighted by Gasteiger charge is 2.16. The quantitative estimate of drug-likeness (QED) is 0.149. The Hall–Kier alpha value is -3.58. The summed E-state index contributed by atoms with van der Waals surface area (Å²) in [6.45, 7) is 4.31.